The van der Waals surface area contributed by atoms with Crippen LogP contribution in [0.1, 0.15) is 66.3 Å². The highest BCUT2D eigenvalue weighted by atomic mass is 35.5. The van der Waals surface area contributed by atoms with Crippen molar-refractivity contribution >= 4 is 23.4 Å². The van der Waals surface area contributed by atoms with Gasteiger partial charge in [0.25, 0.3) is 11.8 Å². The summed E-state index contributed by atoms with van der Waals surface area (Å²) in [6.07, 6.45) is 13.7. The number of terminal acetylenes is 1. The predicted molar refractivity (Wildman–Crippen MR) is 167 cm³/mol. The van der Waals surface area contributed by atoms with E-state index in [1.54, 1.807) is 53.1 Å². The van der Waals surface area contributed by atoms with Crippen LogP contribution in [0.25, 0.3) is 11.4 Å². The molecule has 0 bridgehead atoms. The summed E-state index contributed by atoms with van der Waals surface area (Å²) in [4.78, 5) is 43.9. The first-order chi connectivity index (χ1) is 20.9. The maximum atomic E-state index is 11.9. The average molecular weight is 606 g/mol. The monoisotopic (exact) mass is 605 g/mol. The van der Waals surface area contributed by atoms with Crippen LogP contribution in [-0.4, -0.2) is 45.9 Å². The van der Waals surface area contributed by atoms with E-state index in [-0.39, 0.29) is 11.6 Å². The molecule has 4 N–H and O–H groups in total. The van der Waals surface area contributed by atoms with E-state index in [2.05, 4.69) is 42.7 Å². The van der Waals surface area contributed by atoms with Crippen LogP contribution in [-0.2, 0) is 0 Å². The second kappa shape index (κ2) is 13.0. The average Bonchev–Trinajstić information content (AvgIpc) is 3.50. The Morgan fingerprint density at radius 1 is 0.795 bits per heavy atom. The van der Waals surface area contributed by atoms with E-state index in [4.69, 9.17) is 29.5 Å². The lowest BCUT2D eigenvalue weighted by Crippen LogP contribution is -2.18. The highest BCUT2D eigenvalue weighted by Crippen LogP contribution is 2.20. The Morgan fingerprint density at radius 2 is 1.30 bits per heavy atom. The zero-order valence-electron chi connectivity index (χ0n) is 24.7. The first-order valence-corrected chi connectivity index (χ1v) is 13.5. The number of carbonyl (C=O) groups is 2. The number of hydrogen-bond acceptors (Lipinski definition) is 7. The topological polar surface area (TPSA) is 160 Å². The minimum atomic E-state index is -0.634. The molecule has 0 spiro atoms. The summed E-state index contributed by atoms with van der Waals surface area (Å²) in [5, 5.41) is 0.405. The van der Waals surface area contributed by atoms with Gasteiger partial charge in [0, 0.05) is 29.7 Å². The summed E-state index contributed by atoms with van der Waals surface area (Å²) in [5.74, 6) is 7.45. The number of hydrogen-bond donors (Lipinski definition) is 2. The molecule has 12 heteroatoms. The second-order valence-corrected chi connectivity index (χ2v) is 10.1. The van der Waals surface area contributed by atoms with Gasteiger partial charge in [-0.1, -0.05) is 17.5 Å². The summed E-state index contributed by atoms with van der Waals surface area (Å²) in [7, 11) is 0. The molecule has 0 atom stereocenters. The number of imidazole rings is 2. The molecule has 0 saturated carbocycles. The summed E-state index contributed by atoms with van der Waals surface area (Å²) in [6, 6.07) is 5.56. The van der Waals surface area contributed by atoms with Crippen molar-refractivity contribution < 1.29 is 9.59 Å². The van der Waals surface area contributed by atoms with E-state index in [9.17, 15) is 9.59 Å². The fourth-order valence-corrected chi connectivity index (χ4v) is 4.47. The molecule has 2 amide bonds. The molecule has 0 aromatic carbocycles. The van der Waals surface area contributed by atoms with E-state index in [0.29, 0.717) is 33.6 Å². The zero-order valence-corrected chi connectivity index (χ0v) is 25.4. The summed E-state index contributed by atoms with van der Waals surface area (Å²) < 4.78 is 3.29. The van der Waals surface area contributed by atoms with Crippen LogP contribution in [0.4, 0.5) is 0 Å². The third kappa shape index (κ3) is 6.49. The van der Waals surface area contributed by atoms with E-state index in [1.165, 1.54) is 0 Å². The summed E-state index contributed by atoms with van der Waals surface area (Å²) >= 11 is 6.03. The third-order valence-corrected chi connectivity index (χ3v) is 6.87. The van der Waals surface area contributed by atoms with E-state index in [1.807, 2.05) is 39.8 Å². The third-order valence-electron chi connectivity index (χ3n) is 6.49. The van der Waals surface area contributed by atoms with Gasteiger partial charge in [0.05, 0.1) is 35.2 Å². The Bertz CT molecular complexity index is 2020. The SMILES string of the molecule is C#Cc1nc(C(N)=O)n(-c2cncc(C)c2)c1C.Cc1cncc(-n2c(C(N)=O)nc(C#Cc3ccnc(Cl)c3C)c2C)c1. The molecule has 0 aliphatic rings. The molecule has 220 valence electrons. The molecule has 0 aliphatic carbocycles. The maximum Gasteiger partial charge on any atom is 0.285 e. The molecular weight excluding hydrogens is 578 g/mol. The molecule has 5 aromatic rings. The predicted octanol–water partition coefficient (Wildman–Crippen LogP) is 3.70. The van der Waals surface area contributed by atoms with Gasteiger partial charge in [-0.25, -0.2) is 15.0 Å². The summed E-state index contributed by atoms with van der Waals surface area (Å²) in [6.45, 7) is 9.30. The number of pyridine rings is 3. The number of nitrogens with zero attached hydrogens (tertiary/aromatic N) is 7. The van der Waals surface area contributed by atoms with Crippen molar-refractivity contribution in [2.45, 2.75) is 34.6 Å². The highest BCUT2D eigenvalue weighted by Gasteiger charge is 2.19. The molecule has 11 nitrogen and oxygen atoms in total. The van der Waals surface area contributed by atoms with Crippen LogP contribution in [0.15, 0.2) is 49.2 Å². The van der Waals surface area contributed by atoms with E-state index >= 15 is 0 Å². The lowest BCUT2D eigenvalue weighted by Gasteiger charge is -2.08. The first-order valence-electron chi connectivity index (χ1n) is 13.1. The Labute approximate surface area is 259 Å². The first kappa shape index (κ1) is 31.2. The molecule has 5 rings (SSSR count). The van der Waals surface area contributed by atoms with Crippen molar-refractivity contribution in [2.24, 2.45) is 11.5 Å². The molecular formula is C32H28ClN9O2. The number of primary amides is 2. The van der Waals surface area contributed by atoms with Crippen LogP contribution in [0.2, 0.25) is 5.15 Å². The van der Waals surface area contributed by atoms with Crippen LogP contribution in [0, 0.1) is 58.8 Å². The van der Waals surface area contributed by atoms with Gasteiger partial charge in [-0.15, -0.1) is 6.42 Å². The molecule has 44 heavy (non-hydrogen) atoms. The van der Waals surface area contributed by atoms with Crippen molar-refractivity contribution in [3.63, 3.8) is 0 Å². The summed E-state index contributed by atoms with van der Waals surface area (Å²) in [5.41, 5.74) is 18.0. The molecule has 5 aromatic heterocycles. The normalized spacial score (nSPS) is 10.2. The number of aromatic nitrogens is 7. The smallest absolute Gasteiger partial charge is 0.285 e. The number of rotatable bonds is 4. The number of halogens is 1. The van der Waals surface area contributed by atoms with E-state index in [0.717, 1.165) is 27.9 Å². The van der Waals surface area contributed by atoms with Crippen LogP contribution < -0.4 is 11.5 Å². The van der Waals surface area contributed by atoms with E-state index < -0.39 is 11.8 Å². The Balaban J connectivity index is 0.000000215. The maximum absolute atomic E-state index is 11.9. The molecule has 5 heterocycles. The molecule has 0 aliphatic heterocycles. The van der Waals surface area contributed by atoms with Crippen molar-refractivity contribution in [3.05, 3.63) is 111 Å². The Kier molecular flexibility index (Phi) is 9.23. The quantitative estimate of drug-likeness (QED) is 0.233. The lowest BCUT2D eigenvalue weighted by atomic mass is 10.1. The van der Waals surface area contributed by atoms with Crippen LogP contribution >= 0.6 is 11.6 Å². The van der Waals surface area contributed by atoms with Gasteiger partial charge in [-0.05, 0) is 75.8 Å². The Hall–Kier alpha value is -5.78. The zero-order chi connectivity index (χ0) is 32.1. The lowest BCUT2D eigenvalue weighted by molar-refractivity contribution is 0.0980. The minimum absolute atomic E-state index is 0.115. The van der Waals surface area contributed by atoms with Gasteiger partial charge in [0.2, 0.25) is 11.6 Å². The van der Waals surface area contributed by atoms with Gasteiger partial charge in [0.15, 0.2) is 0 Å². The molecule has 0 fully saturated rings. The minimum Gasteiger partial charge on any atom is -0.363 e. The van der Waals surface area contributed by atoms with Gasteiger partial charge in [0.1, 0.15) is 16.5 Å². The fourth-order valence-electron chi connectivity index (χ4n) is 4.32. The number of carbonyl (C=O) groups excluding carboxylic acids is 2. The van der Waals surface area contributed by atoms with Crippen molar-refractivity contribution in [1.29, 1.82) is 0 Å². The van der Waals surface area contributed by atoms with Crippen LogP contribution in [0.5, 0.6) is 0 Å². The van der Waals surface area contributed by atoms with Crippen molar-refractivity contribution in [1.82, 2.24) is 34.1 Å². The standard InChI is InChI=1S/C19H16ClN5O.C13H12N4O/c1-11-8-15(10-22-9-11)25-13(3)16(24-19(25)18(21)26)5-4-14-6-7-23-17(20)12(14)2;1-4-11-9(3)17(13(16-11)12(14)18)10-5-8(2)6-15-7-10/h6-10H,1-3H3,(H2,21,26);1,5-7H,2-3H3,(H2,14,18). The highest BCUT2D eigenvalue weighted by molar-refractivity contribution is 6.30. The van der Waals surface area contributed by atoms with Gasteiger partial charge in [-0.2, -0.15) is 0 Å². The molecule has 0 saturated heterocycles. The van der Waals surface area contributed by atoms with Gasteiger partial charge >= 0.3 is 0 Å². The largest absolute Gasteiger partial charge is 0.363 e. The van der Waals surface area contributed by atoms with Gasteiger partial charge < -0.3 is 11.5 Å². The number of amides is 2. The molecule has 0 unspecified atom stereocenters. The Morgan fingerprint density at radius 3 is 1.77 bits per heavy atom. The number of nitrogens with two attached hydrogens (primary N) is 2. The fraction of sp³-hybridized carbons (Fsp3) is 0.156. The van der Waals surface area contributed by atoms with Crippen LogP contribution in [0.3, 0.4) is 0 Å². The van der Waals surface area contributed by atoms with Crippen molar-refractivity contribution in [3.8, 4) is 35.6 Å². The van der Waals surface area contributed by atoms with Crippen molar-refractivity contribution in [2.75, 3.05) is 0 Å². The molecule has 0 radical (unpaired) electrons. The van der Waals surface area contributed by atoms with Gasteiger partial charge in [-0.3, -0.25) is 28.7 Å². The second-order valence-electron chi connectivity index (χ2n) is 9.75. The number of aryl methyl sites for hydroxylation is 2.